The van der Waals surface area contributed by atoms with Crippen molar-refractivity contribution in [2.75, 3.05) is 6.54 Å². The van der Waals surface area contributed by atoms with Crippen molar-refractivity contribution in [3.63, 3.8) is 0 Å². The zero-order valence-corrected chi connectivity index (χ0v) is 4.76. The van der Waals surface area contributed by atoms with Crippen molar-refractivity contribution in [2.45, 2.75) is 12.6 Å². The van der Waals surface area contributed by atoms with Gasteiger partial charge in [-0.1, -0.05) is 0 Å². The van der Waals surface area contributed by atoms with Crippen molar-refractivity contribution in [2.24, 2.45) is 0 Å². The number of hydrogen-bond acceptors (Lipinski definition) is 4. The highest BCUT2D eigenvalue weighted by molar-refractivity contribution is 5.87. The van der Waals surface area contributed by atoms with Crippen molar-refractivity contribution in [1.82, 2.24) is 5.32 Å². The van der Waals surface area contributed by atoms with E-state index in [1.54, 1.807) is 0 Å². The second-order valence-electron chi connectivity index (χ2n) is 1.92. The van der Waals surface area contributed by atoms with E-state index in [0.29, 0.717) is 13.0 Å². The van der Waals surface area contributed by atoms with Crippen LogP contribution in [0.1, 0.15) is 6.42 Å². The highest BCUT2D eigenvalue weighted by Crippen LogP contribution is 2.00. The summed E-state index contributed by atoms with van der Waals surface area (Å²) in [4.78, 5) is 9.54. The van der Waals surface area contributed by atoms with Gasteiger partial charge in [-0.2, -0.15) is 0 Å². The number of hydrogen-bond donors (Lipinski definition) is 2. The van der Waals surface area contributed by atoms with Gasteiger partial charge in [-0.15, -0.1) is 0 Å². The summed E-state index contributed by atoms with van der Waals surface area (Å²) >= 11 is 0. The lowest BCUT2D eigenvalue weighted by Gasteiger charge is -1.98. The van der Waals surface area contributed by atoms with Gasteiger partial charge in [0, 0.05) is 17.9 Å². The van der Waals surface area contributed by atoms with E-state index in [0.717, 1.165) is 0 Å². The fourth-order valence-corrected chi connectivity index (χ4v) is 0.805. The van der Waals surface area contributed by atoms with Crippen LogP contribution in [-0.4, -0.2) is 23.3 Å². The number of nitro groups is 1. The number of nitrogens with zero attached hydrogens (tertiary/aromatic N) is 1. The molecule has 0 amide bonds. The van der Waals surface area contributed by atoms with Gasteiger partial charge in [-0.25, -0.2) is 5.32 Å². The summed E-state index contributed by atoms with van der Waals surface area (Å²) in [7, 11) is 0. The molecule has 0 radical (unpaired) electrons. The Kier molecular flexibility index (Phi) is 1.44. The normalized spacial score (nSPS) is 26.7. The highest BCUT2D eigenvalue weighted by Gasteiger charge is 2.29. The van der Waals surface area contributed by atoms with Crippen LogP contribution in [0.5, 0.6) is 0 Å². The van der Waals surface area contributed by atoms with Gasteiger partial charge in [0.15, 0.2) is 0 Å². The monoisotopic (exact) mass is 129 g/mol. The summed E-state index contributed by atoms with van der Waals surface area (Å²) < 4.78 is 0. The fraction of sp³-hybridized carbons (Fsp3) is 0.750. The van der Waals surface area contributed by atoms with Crippen LogP contribution in [0.25, 0.3) is 0 Å². The van der Waals surface area contributed by atoms with E-state index in [9.17, 15) is 10.1 Å². The lowest BCUT2D eigenvalue weighted by molar-refractivity contribution is -0.507. The minimum absolute atomic E-state index is 0.181. The van der Waals surface area contributed by atoms with Crippen molar-refractivity contribution in [3.05, 3.63) is 10.1 Å². The van der Waals surface area contributed by atoms with Crippen LogP contribution in [0.4, 0.5) is 0 Å². The summed E-state index contributed by atoms with van der Waals surface area (Å²) in [6.07, 6.45) is -0.406. The van der Waals surface area contributed by atoms with Gasteiger partial charge in [0.1, 0.15) is 0 Å². The largest absolute Gasteiger partial charge is 0.304 e. The molecule has 0 aromatic heterocycles. The van der Waals surface area contributed by atoms with Crippen LogP contribution in [-0.2, 0) is 0 Å². The van der Waals surface area contributed by atoms with Crippen LogP contribution in [0, 0.1) is 15.5 Å². The predicted molar refractivity (Wildman–Crippen MR) is 31.1 cm³/mol. The van der Waals surface area contributed by atoms with Crippen LogP contribution in [0.3, 0.4) is 0 Å². The Hall–Kier alpha value is -0.970. The molecule has 0 bridgehead atoms. The molecule has 2 N–H and O–H groups in total. The first-order valence-corrected chi connectivity index (χ1v) is 2.66. The zero-order chi connectivity index (χ0) is 6.85. The zero-order valence-electron chi connectivity index (χ0n) is 4.76. The molecular weight excluding hydrogens is 122 g/mol. The van der Waals surface area contributed by atoms with E-state index >= 15 is 0 Å². The molecule has 1 aliphatic heterocycles. The maximum absolute atomic E-state index is 10.0. The summed E-state index contributed by atoms with van der Waals surface area (Å²) in [6, 6.07) is 0. The second kappa shape index (κ2) is 2.10. The second-order valence-corrected chi connectivity index (χ2v) is 1.92. The van der Waals surface area contributed by atoms with Gasteiger partial charge in [-0.3, -0.25) is 10.1 Å². The molecule has 1 saturated heterocycles. The molecule has 0 spiro atoms. The van der Waals surface area contributed by atoms with E-state index in [1.165, 1.54) is 0 Å². The molecule has 0 aliphatic carbocycles. The Morgan fingerprint density at radius 3 is 2.78 bits per heavy atom. The fourth-order valence-electron chi connectivity index (χ4n) is 0.805. The van der Waals surface area contributed by atoms with E-state index in [4.69, 9.17) is 5.41 Å². The van der Waals surface area contributed by atoms with E-state index in [-0.39, 0.29) is 5.71 Å². The SMILES string of the molecule is N=C1CCNC1[N+](=O)[O-]. The Balaban J connectivity index is 2.60. The molecule has 1 rings (SSSR count). The molecule has 0 aromatic rings. The maximum Gasteiger partial charge on any atom is 0.304 e. The number of nitrogens with one attached hydrogen (secondary N) is 2. The maximum atomic E-state index is 10.0. The van der Waals surface area contributed by atoms with E-state index in [1.807, 2.05) is 0 Å². The average molecular weight is 129 g/mol. The Bertz CT molecular complexity index is 156. The summed E-state index contributed by atoms with van der Waals surface area (Å²) in [5.41, 5.74) is 0.181. The lowest BCUT2D eigenvalue weighted by Crippen LogP contribution is -2.34. The summed E-state index contributed by atoms with van der Waals surface area (Å²) in [5.74, 6) is 0. The van der Waals surface area contributed by atoms with Crippen LogP contribution in [0.2, 0.25) is 0 Å². The smallest absolute Gasteiger partial charge is 0.301 e. The summed E-state index contributed by atoms with van der Waals surface area (Å²) in [6.45, 7) is 0.560. The molecule has 0 aromatic carbocycles. The minimum atomic E-state index is -0.912. The lowest BCUT2D eigenvalue weighted by atomic mass is 10.3. The highest BCUT2D eigenvalue weighted by atomic mass is 16.6. The first-order chi connectivity index (χ1) is 4.22. The van der Waals surface area contributed by atoms with Crippen molar-refractivity contribution < 1.29 is 4.92 Å². The van der Waals surface area contributed by atoms with E-state index < -0.39 is 11.1 Å². The molecule has 1 heterocycles. The van der Waals surface area contributed by atoms with Crippen LogP contribution < -0.4 is 5.32 Å². The van der Waals surface area contributed by atoms with Crippen molar-refractivity contribution >= 4 is 5.71 Å². The third kappa shape index (κ3) is 1.05. The van der Waals surface area contributed by atoms with Gasteiger partial charge in [-0.05, 0) is 0 Å². The molecule has 50 valence electrons. The first kappa shape index (κ1) is 6.15. The van der Waals surface area contributed by atoms with Gasteiger partial charge in [0.2, 0.25) is 0 Å². The first-order valence-electron chi connectivity index (χ1n) is 2.66. The van der Waals surface area contributed by atoms with Crippen LogP contribution in [0.15, 0.2) is 0 Å². The molecule has 1 aliphatic rings. The predicted octanol–water partition coefficient (Wildman–Crippen LogP) is -0.398. The van der Waals surface area contributed by atoms with E-state index in [2.05, 4.69) is 5.32 Å². The van der Waals surface area contributed by atoms with Crippen molar-refractivity contribution in [1.29, 1.82) is 5.41 Å². The van der Waals surface area contributed by atoms with Gasteiger partial charge >= 0.3 is 6.17 Å². The minimum Gasteiger partial charge on any atom is -0.301 e. The molecule has 1 fully saturated rings. The molecule has 5 heteroatoms. The molecule has 5 nitrogen and oxygen atoms in total. The average Bonchev–Trinajstić information content (AvgIpc) is 2.13. The standard InChI is InChI=1S/C4H7N3O2/c5-3-1-2-6-4(3)7(8)9/h4-6H,1-2H2. The molecule has 1 atom stereocenters. The van der Waals surface area contributed by atoms with Gasteiger partial charge in [0.05, 0.1) is 5.71 Å². The van der Waals surface area contributed by atoms with Crippen molar-refractivity contribution in [3.8, 4) is 0 Å². The number of rotatable bonds is 1. The Morgan fingerprint density at radius 2 is 2.56 bits per heavy atom. The van der Waals surface area contributed by atoms with Gasteiger partial charge < -0.3 is 5.41 Å². The Morgan fingerprint density at radius 1 is 1.89 bits per heavy atom. The Labute approximate surface area is 51.7 Å². The summed E-state index contributed by atoms with van der Waals surface area (Å²) in [5, 5.41) is 19.6. The van der Waals surface area contributed by atoms with Gasteiger partial charge in [0.25, 0.3) is 0 Å². The molecule has 1 unspecified atom stereocenters. The quantitative estimate of drug-likeness (QED) is 0.373. The molecule has 0 saturated carbocycles. The molecular formula is C4H7N3O2. The third-order valence-electron chi connectivity index (χ3n) is 1.27. The topological polar surface area (TPSA) is 79.0 Å². The van der Waals surface area contributed by atoms with Crippen LogP contribution >= 0.6 is 0 Å². The molecule has 9 heavy (non-hydrogen) atoms. The third-order valence-corrected chi connectivity index (χ3v) is 1.27.